The summed E-state index contributed by atoms with van der Waals surface area (Å²) in [5.41, 5.74) is 0.974. The smallest absolute Gasteiger partial charge is 0.189 e. The van der Waals surface area contributed by atoms with Crippen LogP contribution >= 0.6 is 31.9 Å². The highest BCUT2D eigenvalue weighted by atomic mass is 79.9. The molecule has 0 aliphatic carbocycles. The molecule has 2 aromatic rings. The molecule has 2 N–H and O–H groups in total. The van der Waals surface area contributed by atoms with E-state index in [0.29, 0.717) is 0 Å². The number of hydrogen-bond donors (Lipinski definition) is 2. The second kappa shape index (κ2) is 5.85. The Hall–Kier alpha value is -1.53. The van der Waals surface area contributed by atoms with Gasteiger partial charge in [0.2, 0.25) is 0 Å². The van der Waals surface area contributed by atoms with Gasteiger partial charge in [-0.25, -0.2) is 0 Å². The maximum atomic E-state index is 12.0. The van der Waals surface area contributed by atoms with Gasteiger partial charge in [0.25, 0.3) is 0 Å². The zero-order valence-electron chi connectivity index (χ0n) is 10.5. The highest BCUT2D eigenvalue weighted by Gasteiger charge is 2.10. The number of phenols is 2. The van der Waals surface area contributed by atoms with Crippen molar-refractivity contribution in [3.63, 3.8) is 0 Å². The fourth-order valence-corrected chi connectivity index (χ4v) is 2.52. The minimum absolute atomic E-state index is 0.0849. The number of phenolic OH excluding ortho intramolecular Hbond substituents is 2. The average Bonchev–Trinajstić information content (AvgIpc) is 2.63. The average molecular weight is 401 g/mol. The zero-order valence-corrected chi connectivity index (χ0v) is 13.6. The maximum Gasteiger partial charge on any atom is 0.189 e. The number of nitrogens with zero attached hydrogens (tertiary/aromatic N) is 1. The van der Waals surface area contributed by atoms with Gasteiger partial charge in [0.15, 0.2) is 5.78 Å². The molecule has 0 atom stereocenters. The molecule has 4 nitrogen and oxygen atoms in total. The Morgan fingerprint density at radius 1 is 1.25 bits per heavy atom. The first kappa shape index (κ1) is 14.9. The van der Waals surface area contributed by atoms with Crippen molar-refractivity contribution in [3.05, 3.63) is 50.7 Å². The number of rotatable bonds is 3. The summed E-state index contributed by atoms with van der Waals surface area (Å²) in [5, 5.41) is 18.8. The Bertz CT molecular complexity index is 705. The number of aromatic nitrogens is 1. The SMILES string of the molecule is Cn1c(/C=C/C(=O)c2ccc(O)cc2O)cc(Br)c1Br. The first-order valence-corrected chi connectivity index (χ1v) is 7.24. The van der Waals surface area contributed by atoms with Crippen molar-refractivity contribution in [1.82, 2.24) is 4.57 Å². The standard InChI is InChI=1S/C14H11Br2NO3/c1-17-8(6-11(15)14(17)16)2-5-12(19)10-4-3-9(18)7-13(10)20/h2-7,18,20H,1H3/b5-2+. The summed E-state index contributed by atoms with van der Waals surface area (Å²) in [7, 11) is 1.86. The van der Waals surface area contributed by atoms with Crippen molar-refractivity contribution in [2.75, 3.05) is 0 Å². The van der Waals surface area contributed by atoms with Gasteiger partial charge >= 0.3 is 0 Å². The van der Waals surface area contributed by atoms with Crippen molar-refractivity contribution < 1.29 is 15.0 Å². The monoisotopic (exact) mass is 399 g/mol. The van der Waals surface area contributed by atoms with Crippen LogP contribution in [0.15, 0.2) is 39.4 Å². The van der Waals surface area contributed by atoms with Gasteiger partial charge in [0, 0.05) is 18.8 Å². The lowest BCUT2D eigenvalue weighted by Gasteiger charge is -2.01. The van der Waals surface area contributed by atoms with E-state index < -0.39 is 0 Å². The lowest BCUT2D eigenvalue weighted by molar-refractivity contribution is 0.104. The number of aromatic hydroxyl groups is 2. The van der Waals surface area contributed by atoms with Gasteiger partial charge < -0.3 is 14.8 Å². The molecule has 0 spiro atoms. The van der Waals surface area contributed by atoms with Gasteiger partial charge in [-0.1, -0.05) is 0 Å². The van der Waals surface area contributed by atoms with E-state index in [1.165, 1.54) is 18.2 Å². The van der Waals surface area contributed by atoms with Crippen LogP contribution in [0.3, 0.4) is 0 Å². The number of halogens is 2. The van der Waals surface area contributed by atoms with Crippen molar-refractivity contribution in [3.8, 4) is 11.5 Å². The Kier molecular flexibility index (Phi) is 4.35. The Morgan fingerprint density at radius 3 is 2.50 bits per heavy atom. The highest BCUT2D eigenvalue weighted by molar-refractivity contribution is 9.13. The first-order chi connectivity index (χ1) is 9.40. The molecule has 0 unspecified atom stereocenters. The summed E-state index contributed by atoms with van der Waals surface area (Å²) in [6.07, 6.45) is 3.03. The molecule has 2 rings (SSSR count). The maximum absolute atomic E-state index is 12.0. The molecular formula is C14H11Br2NO3. The van der Waals surface area contributed by atoms with Crippen molar-refractivity contribution in [2.24, 2.45) is 7.05 Å². The molecule has 6 heteroatoms. The summed E-state index contributed by atoms with van der Waals surface area (Å²) in [6, 6.07) is 5.74. The Morgan fingerprint density at radius 2 is 1.95 bits per heavy atom. The zero-order chi connectivity index (χ0) is 14.9. The van der Waals surface area contributed by atoms with Crippen LogP contribution in [0.1, 0.15) is 16.1 Å². The molecule has 0 bridgehead atoms. The van der Waals surface area contributed by atoms with Crippen LogP contribution < -0.4 is 0 Å². The van der Waals surface area contributed by atoms with E-state index in [4.69, 9.17) is 0 Å². The molecule has 0 aliphatic rings. The second-order valence-electron chi connectivity index (χ2n) is 4.17. The number of benzene rings is 1. The third-order valence-electron chi connectivity index (χ3n) is 2.81. The normalized spacial score (nSPS) is 11.2. The van der Waals surface area contributed by atoms with Gasteiger partial charge in [-0.05, 0) is 62.2 Å². The largest absolute Gasteiger partial charge is 0.508 e. The topological polar surface area (TPSA) is 62.5 Å². The quantitative estimate of drug-likeness (QED) is 0.607. The van der Waals surface area contributed by atoms with Gasteiger partial charge in [-0.15, -0.1) is 0 Å². The minimum Gasteiger partial charge on any atom is -0.508 e. The number of carbonyl (C=O) groups is 1. The van der Waals surface area contributed by atoms with Crippen LogP contribution in [0.2, 0.25) is 0 Å². The molecule has 20 heavy (non-hydrogen) atoms. The van der Waals surface area contributed by atoms with E-state index in [1.807, 2.05) is 17.7 Å². The third kappa shape index (κ3) is 2.96. The number of allylic oxidation sites excluding steroid dienone is 1. The summed E-state index contributed by atoms with van der Waals surface area (Å²) >= 11 is 6.79. The van der Waals surface area contributed by atoms with E-state index in [9.17, 15) is 15.0 Å². The van der Waals surface area contributed by atoms with E-state index in [1.54, 1.807) is 6.08 Å². The summed E-state index contributed by atoms with van der Waals surface area (Å²) in [6.45, 7) is 0. The number of carbonyl (C=O) groups excluding carboxylic acids is 1. The van der Waals surface area contributed by atoms with E-state index >= 15 is 0 Å². The molecule has 0 amide bonds. The fourth-order valence-electron chi connectivity index (χ4n) is 1.70. The predicted molar refractivity (Wildman–Crippen MR) is 83.9 cm³/mol. The van der Waals surface area contributed by atoms with Crippen LogP contribution in [-0.2, 0) is 7.05 Å². The van der Waals surface area contributed by atoms with Crippen LogP contribution in [0.25, 0.3) is 6.08 Å². The van der Waals surface area contributed by atoms with Crippen LogP contribution in [0.5, 0.6) is 11.5 Å². The number of ketones is 1. The lowest BCUT2D eigenvalue weighted by atomic mass is 10.1. The van der Waals surface area contributed by atoms with E-state index in [-0.39, 0.29) is 22.8 Å². The molecule has 1 heterocycles. The molecule has 0 aliphatic heterocycles. The number of hydrogen-bond acceptors (Lipinski definition) is 3. The van der Waals surface area contributed by atoms with Crippen LogP contribution in [-0.4, -0.2) is 20.6 Å². The van der Waals surface area contributed by atoms with Gasteiger partial charge in [0.1, 0.15) is 11.5 Å². The van der Waals surface area contributed by atoms with E-state index in [2.05, 4.69) is 31.9 Å². The third-order valence-corrected chi connectivity index (χ3v) is 4.90. The molecule has 0 fully saturated rings. The summed E-state index contributed by atoms with van der Waals surface area (Å²) in [5.74, 6) is -0.664. The summed E-state index contributed by atoms with van der Waals surface area (Å²) in [4.78, 5) is 12.0. The van der Waals surface area contributed by atoms with Crippen molar-refractivity contribution >= 4 is 43.7 Å². The van der Waals surface area contributed by atoms with Gasteiger partial charge in [0.05, 0.1) is 14.6 Å². The molecule has 1 aromatic carbocycles. The lowest BCUT2D eigenvalue weighted by Crippen LogP contribution is -1.96. The Labute approximate surface area is 132 Å². The van der Waals surface area contributed by atoms with Crippen molar-refractivity contribution in [2.45, 2.75) is 0 Å². The van der Waals surface area contributed by atoms with Crippen LogP contribution in [0.4, 0.5) is 0 Å². The summed E-state index contributed by atoms with van der Waals surface area (Å²) < 4.78 is 3.63. The Balaban J connectivity index is 2.27. The van der Waals surface area contributed by atoms with Crippen LogP contribution in [0, 0.1) is 0 Å². The van der Waals surface area contributed by atoms with Crippen molar-refractivity contribution in [1.29, 1.82) is 0 Å². The fraction of sp³-hybridized carbons (Fsp3) is 0.0714. The first-order valence-electron chi connectivity index (χ1n) is 5.65. The molecule has 0 saturated heterocycles. The minimum atomic E-state index is -0.337. The highest BCUT2D eigenvalue weighted by Crippen LogP contribution is 2.27. The second-order valence-corrected chi connectivity index (χ2v) is 5.77. The predicted octanol–water partition coefficient (Wildman–Crippen LogP) is 3.86. The molecule has 0 radical (unpaired) electrons. The molecule has 0 saturated carbocycles. The molecule has 104 valence electrons. The van der Waals surface area contributed by atoms with E-state index in [0.717, 1.165) is 20.8 Å². The molecule has 1 aromatic heterocycles. The van der Waals surface area contributed by atoms with Gasteiger partial charge in [-0.3, -0.25) is 4.79 Å². The van der Waals surface area contributed by atoms with Gasteiger partial charge in [-0.2, -0.15) is 0 Å². The molecular weight excluding hydrogens is 390 g/mol.